The molecule has 0 fully saturated rings. The summed E-state index contributed by atoms with van der Waals surface area (Å²) >= 11 is 12.5. The Kier molecular flexibility index (Phi) is 5.25. The van der Waals surface area contributed by atoms with E-state index in [1.165, 1.54) is 6.07 Å². The maximum Gasteiger partial charge on any atom is 0.137 e. The van der Waals surface area contributed by atoms with Crippen LogP contribution >= 0.6 is 43.5 Å². The van der Waals surface area contributed by atoms with Crippen LogP contribution in [0.25, 0.3) is 0 Å². The van der Waals surface area contributed by atoms with Crippen molar-refractivity contribution in [1.29, 1.82) is 0 Å². The molecule has 0 atom stereocenters. The number of ether oxygens (including phenoxy) is 1. The van der Waals surface area contributed by atoms with E-state index < -0.39 is 0 Å². The fraction of sp³-hybridized carbons (Fsp3) is 0.143. The summed E-state index contributed by atoms with van der Waals surface area (Å²) in [4.78, 5) is 0. The topological polar surface area (TPSA) is 9.23 Å². The van der Waals surface area contributed by atoms with E-state index in [2.05, 4.69) is 31.9 Å². The molecule has 1 nitrogen and oxygen atoms in total. The van der Waals surface area contributed by atoms with Crippen LogP contribution < -0.4 is 4.74 Å². The molecule has 2 aromatic carbocycles. The zero-order valence-corrected chi connectivity index (χ0v) is 13.7. The molecule has 0 aliphatic heterocycles. The highest BCUT2D eigenvalue weighted by atomic mass is 79.9. The summed E-state index contributed by atoms with van der Waals surface area (Å²) in [6, 6.07) is 10.5. The van der Waals surface area contributed by atoms with Crippen molar-refractivity contribution in [2.45, 2.75) is 12.5 Å². The third kappa shape index (κ3) is 3.71. The monoisotopic (exact) mass is 406 g/mol. The molecule has 0 amide bonds. The molecule has 0 spiro atoms. The fourth-order valence-electron chi connectivity index (χ4n) is 1.61. The van der Waals surface area contributed by atoms with Gasteiger partial charge in [-0.15, -0.1) is 11.6 Å². The summed E-state index contributed by atoms with van der Waals surface area (Å²) < 4.78 is 20.5. The van der Waals surface area contributed by atoms with Crippen LogP contribution in [0.15, 0.2) is 45.3 Å². The van der Waals surface area contributed by atoms with Gasteiger partial charge in [-0.1, -0.05) is 28.1 Å². The third-order valence-electron chi connectivity index (χ3n) is 2.58. The number of benzene rings is 2. The Morgan fingerprint density at radius 3 is 2.63 bits per heavy atom. The largest absolute Gasteiger partial charge is 0.489 e. The molecular formula is C14H10Br2ClFO. The van der Waals surface area contributed by atoms with Gasteiger partial charge in [0.1, 0.15) is 18.2 Å². The Bertz CT molecular complexity index is 590. The molecule has 0 unspecified atom stereocenters. The average molecular weight is 408 g/mol. The van der Waals surface area contributed by atoms with Gasteiger partial charge in [-0.25, -0.2) is 4.39 Å². The van der Waals surface area contributed by atoms with Crippen molar-refractivity contribution < 1.29 is 9.13 Å². The molecule has 0 N–H and O–H groups in total. The van der Waals surface area contributed by atoms with Crippen molar-refractivity contribution in [2.75, 3.05) is 0 Å². The first-order valence-corrected chi connectivity index (χ1v) is 7.64. The number of alkyl halides is 1. The SMILES string of the molecule is Fc1cccc(COc2ccc(Br)cc2CCl)c1Br. The quantitative estimate of drug-likeness (QED) is 0.593. The van der Waals surface area contributed by atoms with Crippen molar-refractivity contribution in [3.63, 3.8) is 0 Å². The summed E-state index contributed by atoms with van der Waals surface area (Å²) in [7, 11) is 0. The first-order chi connectivity index (χ1) is 9.11. The predicted octanol–water partition coefficient (Wildman–Crippen LogP) is 5.67. The molecule has 0 aliphatic carbocycles. The van der Waals surface area contributed by atoms with Gasteiger partial charge in [0.2, 0.25) is 0 Å². The van der Waals surface area contributed by atoms with Gasteiger partial charge in [-0.3, -0.25) is 0 Å². The molecule has 100 valence electrons. The van der Waals surface area contributed by atoms with Crippen molar-refractivity contribution >= 4 is 43.5 Å². The standard InChI is InChI=1S/C14H10Br2ClFO/c15-11-4-5-13(10(6-11)7-17)19-8-9-2-1-3-12(18)14(9)16/h1-6H,7-8H2. The van der Waals surface area contributed by atoms with Crippen molar-refractivity contribution in [3.8, 4) is 5.75 Å². The predicted molar refractivity (Wildman–Crippen MR) is 82.1 cm³/mol. The molecule has 2 rings (SSSR count). The summed E-state index contributed by atoms with van der Waals surface area (Å²) in [5, 5.41) is 0. The minimum atomic E-state index is -0.297. The maximum absolute atomic E-state index is 13.4. The highest BCUT2D eigenvalue weighted by molar-refractivity contribution is 9.10. The molecule has 0 aliphatic rings. The lowest BCUT2D eigenvalue weighted by molar-refractivity contribution is 0.302. The van der Waals surface area contributed by atoms with Crippen LogP contribution in [-0.4, -0.2) is 0 Å². The van der Waals surface area contributed by atoms with E-state index in [0.29, 0.717) is 16.1 Å². The summed E-state index contributed by atoms with van der Waals surface area (Å²) in [5.74, 6) is 0.767. The Morgan fingerprint density at radius 2 is 1.89 bits per heavy atom. The third-order valence-corrected chi connectivity index (χ3v) is 4.25. The van der Waals surface area contributed by atoms with E-state index in [9.17, 15) is 4.39 Å². The van der Waals surface area contributed by atoms with Crippen LogP contribution in [0, 0.1) is 5.82 Å². The molecule has 0 saturated heterocycles. The summed E-state index contributed by atoms with van der Waals surface area (Å²) in [6.45, 7) is 0.282. The first kappa shape index (κ1) is 14.8. The van der Waals surface area contributed by atoms with Gasteiger partial charge in [-0.05, 0) is 40.2 Å². The average Bonchev–Trinajstić information content (AvgIpc) is 2.41. The fourth-order valence-corrected chi connectivity index (χ4v) is 2.60. The van der Waals surface area contributed by atoms with Crippen molar-refractivity contribution in [1.82, 2.24) is 0 Å². The molecular weight excluding hydrogens is 398 g/mol. The Labute approximate surface area is 133 Å². The van der Waals surface area contributed by atoms with Crippen molar-refractivity contribution in [2.24, 2.45) is 0 Å². The number of halogens is 4. The molecule has 5 heteroatoms. The molecule has 0 heterocycles. The van der Waals surface area contributed by atoms with E-state index in [-0.39, 0.29) is 12.4 Å². The van der Waals surface area contributed by atoms with Crippen molar-refractivity contribution in [3.05, 3.63) is 62.3 Å². The van der Waals surface area contributed by atoms with Crippen LogP contribution in [0.4, 0.5) is 4.39 Å². The molecule has 0 aromatic heterocycles. The van der Waals surface area contributed by atoms with Gasteiger partial charge in [0, 0.05) is 15.6 Å². The van der Waals surface area contributed by atoms with E-state index in [4.69, 9.17) is 16.3 Å². The Balaban J connectivity index is 2.17. The van der Waals surface area contributed by atoms with Crippen LogP contribution in [0.5, 0.6) is 5.75 Å². The second kappa shape index (κ2) is 6.73. The number of rotatable bonds is 4. The van der Waals surface area contributed by atoms with E-state index in [1.54, 1.807) is 6.07 Å². The molecule has 0 radical (unpaired) electrons. The first-order valence-electron chi connectivity index (χ1n) is 5.52. The lowest BCUT2D eigenvalue weighted by Gasteiger charge is -2.11. The summed E-state index contributed by atoms with van der Waals surface area (Å²) in [6.07, 6.45) is 0. The summed E-state index contributed by atoms with van der Waals surface area (Å²) in [5.41, 5.74) is 1.65. The van der Waals surface area contributed by atoms with E-state index >= 15 is 0 Å². The lowest BCUT2D eigenvalue weighted by Crippen LogP contribution is -1.99. The minimum absolute atomic E-state index is 0.282. The van der Waals surface area contributed by atoms with Gasteiger partial charge in [0.25, 0.3) is 0 Å². The van der Waals surface area contributed by atoms with E-state index in [0.717, 1.165) is 15.6 Å². The van der Waals surface area contributed by atoms with Crippen LogP contribution in [0.2, 0.25) is 0 Å². The number of hydrogen-bond acceptors (Lipinski definition) is 1. The second-order valence-electron chi connectivity index (χ2n) is 3.89. The highest BCUT2D eigenvalue weighted by Gasteiger charge is 2.08. The molecule has 19 heavy (non-hydrogen) atoms. The van der Waals surface area contributed by atoms with Crippen LogP contribution in [0.3, 0.4) is 0 Å². The van der Waals surface area contributed by atoms with Crippen LogP contribution in [-0.2, 0) is 12.5 Å². The van der Waals surface area contributed by atoms with Gasteiger partial charge in [-0.2, -0.15) is 0 Å². The highest BCUT2D eigenvalue weighted by Crippen LogP contribution is 2.27. The maximum atomic E-state index is 13.4. The smallest absolute Gasteiger partial charge is 0.137 e. The number of hydrogen-bond donors (Lipinski definition) is 0. The minimum Gasteiger partial charge on any atom is -0.489 e. The Hall–Kier alpha value is -0.580. The van der Waals surface area contributed by atoms with Crippen LogP contribution in [0.1, 0.15) is 11.1 Å². The molecule has 0 saturated carbocycles. The zero-order chi connectivity index (χ0) is 13.8. The zero-order valence-electron chi connectivity index (χ0n) is 9.80. The Morgan fingerprint density at radius 1 is 1.11 bits per heavy atom. The van der Waals surface area contributed by atoms with Gasteiger partial charge in [0.05, 0.1) is 10.4 Å². The molecule has 0 bridgehead atoms. The van der Waals surface area contributed by atoms with Gasteiger partial charge in [0.15, 0.2) is 0 Å². The van der Waals surface area contributed by atoms with Gasteiger partial charge < -0.3 is 4.74 Å². The normalized spacial score (nSPS) is 10.5. The van der Waals surface area contributed by atoms with E-state index in [1.807, 2.05) is 24.3 Å². The van der Waals surface area contributed by atoms with Gasteiger partial charge >= 0.3 is 0 Å². The second-order valence-corrected chi connectivity index (χ2v) is 5.86. The molecule has 2 aromatic rings. The lowest BCUT2D eigenvalue weighted by atomic mass is 10.2.